The van der Waals surface area contributed by atoms with Crippen molar-refractivity contribution in [3.63, 3.8) is 0 Å². The molecule has 2 heterocycles. The van der Waals surface area contributed by atoms with Crippen molar-refractivity contribution in [1.82, 2.24) is 4.90 Å². The molecule has 0 saturated carbocycles. The number of aliphatic imine (C=N–C) groups is 1. The molecule has 0 N–H and O–H groups in total. The number of hydrogen-bond acceptors (Lipinski definition) is 6. The zero-order valence-electron chi connectivity index (χ0n) is 18.2. The number of benzene rings is 2. The molecular formula is C25H26N2O4S. The molecule has 0 spiro atoms. The largest absolute Gasteiger partial charge is 0.494 e. The fourth-order valence-corrected chi connectivity index (χ4v) is 4.75. The molecule has 2 aliphatic heterocycles. The van der Waals surface area contributed by atoms with Gasteiger partial charge in [-0.15, -0.1) is 0 Å². The van der Waals surface area contributed by atoms with Gasteiger partial charge in [0.2, 0.25) is 5.91 Å². The van der Waals surface area contributed by atoms with Crippen molar-refractivity contribution in [3.05, 3.63) is 77.0 Å². The van der Waals surface area contributed by atoms with Crippen LogP contribution in [0.3, 0.4) is 0 Å². The molecule has 0 radical (unpaired) electrons. The van der Waals surface area contributed by atoms with E-state index in [4.69, 9.17) is 9.47 Å². The second-order valence-electron chi connectivity index (χ2n) is 7.64. The summed E-state index contributed by atoms with van der Waals surface area (Å²) in [7, 11) is 0. The van der Waals surface area contributed by atoms with E-state index in [1.807, 2.05) is 54.6 Å². The van der Waals surface area contributed by atoms with Crippen molar-refractivity contribution in [2.24, 2.45) is 4.99 Å². The summed E-state index contributed by atoms with van der Waals surface area (Å²) in [4.78, 5) is 32.4. The fraction of sp³-hybridized carbons (Fsp3) is 0.320. The Hall–Kier alpha value is -3.06. The van der Waals surface area contributed by atoms with Crippen LogP contribution in [0.4, 0.5) is 0 Å². The molecule has 32 heavy (non-hydrogen) atoms. The standard InChI is InChI=1S/C25H26N2O4S/c1-3-14-30-20-11-9-19(10-12-20)23-22(24(29)31-16-18-7-5-4-6-8-18)17(2)26-25-27(23)21(28)13-15-32-25/h4-12,23H,3,13-16H2,1-2H3. The van der Waals surface area contributed by atoms with Crippen LogP contribution in [0.2, 0.25) is 0 Å². The highest BCUT2D eigenvalue weighted by Gasteiger charge is 2.41. The Balaban J connectivity index is 1.66. The van der Waals surface area contributed by atoms with Crippen molar-refractivity contribution in [1.29, 1.82) is 0 Å². The van der Waals surface area contributed by atoms with Crippen LogP contribution in [0.15, 0.2) is 70.9 Å². The number of rotatable bonds is 7. The summed E-state index contributed by atoms with van der Waals surface area (Å²) in [5.74, 6) is 0.938. The number of thioether (sulfide) groups is 1. The molecule has 0 aromatic heterocycles. The van der Waals surface area contributed by atoms with Crippen LogP contribution < -0.4 is 4.74 Å². The Bertz CT molecular complexity index is 1050. The summed E-state index contributed by atoms with van der Waals surface area (Å²) in [6.07, 6.45) is 1.33. The predicted molar refractivity (Wildman–Crippen MR) is 125 cm³/mol. The minimum atomic E-state index is -0.578. The number of nitrogens with zero attached hydrogens (tertiary/aromatic N) is 2. The van der Waals surface area contributed by atoms with Crippen LogP contribution in [0.5, 0.6) is 5.75 Å². The molecular weight excluding hydrogens is 424 g/mol. The van der Waals surface area contributed by atoms with E-state index in [-0.39, 0.29) is 12.5 Å². The van der Waals surface area contributed by atoms with Crippen molar-refractivity contribution >= 4 is 28.8 Å². The number of ether oxygens (including phenoxy) is 2. The van der Waals surface area contributed by atoms with Crippen LogP contribution in [-0.2, 0) is 20.9 Å². The van der Waals surface area contributed by atoms with Gasteiger partial charge >= 0.3 is 5.97 Å². The molecule has 0 bridgehead atoms. The third-order valence-corrected chi connectivity index (χ3v) is 6.26. The summed E-state index contributed by atoms with van der Waals surface area (Å²) in [6.45, 7) is 4.65. The molecule has 2 aromatic carbocycles. The van der Waals surface area contributed by atoms with Crippen molar-refractivity contribution in [2.75, 3.05) is 12.4 Å². The zero-order chi connectivity index (χ0) is 22.5. The summed E-state index contributed by atoms with van der Waals surface area (Å²) >= 11 is 1.54. The summed E-state index contributed by atoms with van der Waals surface area (Å²) in [5.41, 5.74) is 2.69. The predicted octanol–water partition coefficient (Wildman–Crippen LogP) is 4.87. The van der Waals surface area contributed by atoms with Gasteiger partial charge in [-0.05, 0) is 36.6 Å². The summed E-state index contributed by atoms with van der Waals surface area (Å²) in [6, 6.07) is 16.5. The van der Waals surface area contributed by atoms with Crippen LogP contribution in [0.1, 0.15) is 43.9 Å². The van der Waals surface area contributed by atoms with Crippen molar-refractivity contribution < 1.29 is 19.1 Å². The molecule has 2 aromatic rings. The van der Waals surface area contributed by atoms with E-state index in [1.165, 1.54) is 11.8 Å². The molecule has 1 atom stereocenters. The van der Waals surface area contributed by atoms with Gasteiger partial charge in [0.05, 0.1) is 23.9 Å². The first-order chi connectivity index (χ1) is 15.6. The average molecular weight is 451 g/mol. The second-order valence-corrected chi connectivity index (χ2v) is 8.70. The van der Waals surface area contributed by atoms with Gasteiger partial charge < -0.3 is 9.47 Å². The monoisotopic (exact) mass is 450 g/mol. The number of carbonyl (C=O) groups excluding carboxylic acids is 2. The highest BCUT2D eigenvalue weighted by Crippen LogP contribution is 2.40. The lowest BCUT2D eigenvalue weighted by molar-refractivity contribution is -0.141. The minimum Gasteiger partial charge on any atom is -0.494 e. The van der Waals surface area contributed by atoms with E-state index in [0.29, 0.717) is 35.2 Å². The fourth-order valence-electron chi connectivity index (χ4n) is 3.74. The van der Waals surface area contributed by atoms with Crippen LogP contribution >= 0.6 is 11.8 Å². The number of amidine groups is 1. The molecule has 2 aliphatic rings. The number of esters is 1. The lowest BCUT2D eigenvalue weighted by Gasteiger charge is -2.38. The average Bonchev–Trinajstić information content (AvgIpc) is 2.81. The summed E-state index contributed by atoms with van der Waals surface area (Å²) in [5, 5.41) is 0.634. The van der Waals surface area contributed by atoms with E-state index in [2.05, 4.69) is 11.9 Å². The Kier molecular flexibility index (Phi) is 6.95. The molecule has 4 rings (SSSR count). The van der Waals surface area contributed by atoms with Gasteiger partial charge in [-0.3, -0.25) is 9.69 Å². The molecule has 1 unspecified atom stereocenters. The second kappa shape index (κ2) is 10.0. The van der Waals surface area contributed by atoms with Gasteiger partial charge in [0, 0.05) is 12.2 Å². The molecule has 1 saturated heterocycles. The van der Waals surface area contributed by atoms with Gasteiger partial charge in [-0.1, -0.05) is 61.2 Å². The van der Waals surface area contributed by atoms with Gasteiger partial charge in [-0.2, -0.15) is 0 Å². The van der Waals surface area contributed by atoms with Crippen LogP contribution in [0, 0.1) is 0 Å². The van der Waals surface area contributed by atoms with Gasteiger partial charge in [0.25, 0.3) is 0 Å². The van der Waals surface area contributed by atoms with Gasteiger partial charge in [0.15, 0.2) is 5.17 Å². The molecule has 6 nitrogen and oxygen atoms in total. The van der Waals surface area contributed by atoms with Crippen LogP contribution in [0.25, 0.3) is 0 Å². The number of carbonyl (C=O) groups is 2. The van der Waals surface area contributed by atoms with Crippen molar-refractivity contribution in [2.45, 2.75) is 39.3 Å². The minimum absolute atomic E-state index is 0.0420. The highest BCUT2D eigenvalue weighted by atomic mass is 32.2. The van der Waals surface area contributed by atoms with Gasteiger partial charge in [0.1, 0.15) is 12.4 Å². The van der Waals surface area contributed by atoms with Crippen molar-refractivity contribution in [3.8, 4) is 5.75 Å². The number of allylic oxidation sites excluding steroid dienone is 1. The molecule has 1 amide bonds. The van der Waals surface area contributed by atoms with Crippen LogP contribution in [-0.4, -0.2) is 34.3 Å². The lowest BCUT2D eigenvalue weighted by Crippen LogP contribution is -2.45. The molecule has 7 heteroatoms. The maximum Gasteiger partial charge on any atom is 0.338 e. The normalized spacial score (nSPS) is 18.2. The van der Waals surface area contributed by atoms with E-state index >= 15 is 0 Å². The topological polar surface area (TPSA) is 68.2 Å². The third kappa shape index (κ3) is 4.72. The Labute approximate surface area is 192 Å². The highest BCUT2D eigenvalue weighted by molar-refractivity contribution is 8.14. The zero-order valence-corrected chi connectivity index (χ0v) is 19.1. The van der Waals surface area contributed by atoms with E-state index in [1.54, 1.807) is 11.8 Å². The summed E-state index contributed by atoms with van der Waals surface area (Å²) < 4.78 is 11.3. The number of amides is 1. The number of hydrogen-bond donors (Lipinski definition) is 0. The van der Waals surface area contributed by atoms with E-state index < -0.39 is 12.0 Å². The molecule has 1 fully saturated rings. The SMILES string of the molecule is CCCOc1ccc(C2C(C(=O)OCc3ccccc3)=C(C)N=C3SCCC(=O)N32)cc1. The Morgan fingerprint density at radius 2 is 1.91 bits per heavy atom. The smallest absolute Gasteiger partial charge is 0.338 e. The van der Waals surface area contributed by atoms with E-state index in [9.17, 15) is 9.59 Å². The maximum atomic E-state index is 13.2. The maximum absolute atomic E-state index is 13.2. The molecule has 0 aliphatic carbocycles. The lowest BCUT2D eigenvalue weighted by atomic mass is 9.94. The molecule has 166 valence electrons. The Morgan fingerprint density at radius 3 is 2.62 bits per heavy atom. The Morgan fingerprint density at radius 1 is 1.16 bits per heavy atom. The van der Waals surface area contributed by atoms with E-state index in [0.717, 1.165) is 23.3 Å². The first-order valence-corrected chi connectivity index (χ1v) is 11.7. The van der Waals surface area contributed by atoms with Gasteiger partial charge in [-0.25, -0.2) is 9.79 Å². The quantitative estimate of drug-likeness (QED) is 0.563. The third-order valence-electron chi connectivity index (χ3n) is 5.31. The first-order valence-electron chi connectivity index (χ1n) is 10.8. The first kappa shape index (κ1) is 22.1. The number of fused-ring (bicyclic) bond motifs is 1.